The highest BCUT2D eigenvalue weighted by molar-refractivity contribution is 5.96. The van der Waals surface area contributed by atoms with Gasteiger partial charge in [0.05, 0.1) is 0 Å². The summed E-state index contributed by atoms with van der Waals surface area (Å²) in [6, 6.07) is 11.6. The molecule has 0 fully saturated rings. The predicted octanol–water partition coefficient (Wildman–Crippen LogP) is 4.19. The summed E-state index contributed by atoms with van der Waals surface area (Å²) >= 11 is 0. The second-order valence-corrected chi connectivity index (χ2v) is 5.53. The van der Waals surface area contributed by atoms with Crippen LogP contribution in [0, 0.1) is 6.92 Å². The third-order valence-electron chi connectivity index (χ3n) is 3.71. The standard InChI is InChI=1S/C18H13F3O4/c1-11-6-8-13(9-7-11)24-17(18(19,20)21)14(16(22)23)10-12-4-2-3-5-15(12)25-17/h2-10H,1H3,(H,22,23). The molecule has 130 valence electrons. The van der Waals surface area contributed by atoms with Gasteiger partial charge in [-0.05, 0) is 31.2 Å². The van der Waals surface area contributed by atoms with Gasteiger partial charge in [-0.3, -0.25) is 0 Å². The molecule has 2 aromatic rings. The van der Waals surface area contributed by atoms with Crippen LogP contribution >= 0.6 is 0 Å². The lowest BCUT2D eigenvalue weighted by Gasteiger charge is -2.38. The molecule has 1 aliphatic heterocycles. The Morgan fingerprint density at radius 1 is 1.12 bits per heavy atom. The number of fused-ring (bicyclic) bond motifs is 1. The van der Waals surface area contributed by atoms with Crippen LogP contribution in [0.4, 0.5) is 13.2 Å². The molecule has 25 heavy (non-hydrogen) atoms. The van der Waals surface area contributed by atoms with E-state index >= 15 is 0 Å². The highest BCUT2D eigenvalue weighted by atomic mass is 19.4. The molecule has 1 N–H and O–H groups in total. The summed E-state index contributed by atoms with van der Waals surface area (Å²) in [7, 11) is 0. The van der Waals surface area contributed by atoms with Crippen molar-refractivity contribution >= 4 is 12.0 Å². The SMILES string of the molecule is Cc1ccc(OC2(C(F)(F)F)Oc3ccccc3C=C2C(=O)O)cc1. The molecular weight excluding hydrogens is 337 g/mol. The van der Waals surface area contributed by atoms with Gasteiger partial charge in [0.25, 0.3) is 0 Å². The lowest BCUT2D eigenvalue weighted by molar-refractivity contribution is -0.304. The molecule has 0 aromatic heterocycles. The molecule has 0 saturated heterocycles. The number of carboxylic acids is 1. The van der Waals surface area contributed by atoms with E-state index in [2.05, 4.69) is 0 Å². The van der Waals surface area contributed by atoms with E-state index in [-0.39, 0.29) is 17.1 Å². The Morgan fingerprint density at radius 2 is 1.76 bits per heavy atom. The van der Waals surface area contributed by atoms with Gasteiger partial charge in [-0.15, -0.1) is 0 Å². The van der Waals surface area contributed by atoms with Crippen molar-refractivity contribution in [2.45, 2.75) is 18.9 Å². The van der Waals surface area contributed by atoms with Gasteiger partial charge in [0.2, 0.25) is 0 Å². The molecule has 0 aliphatic carbocycles. The van der Waals surface area contributed by atoms with Gasteiger partial charge in [-0.1, -0.05) is 35.9 Å². The van der Waals surface area contributed by atoms with Crippen LogP contribution in [-0.2, 0) is 4.79 Å². The van der Waals surface area contributed by atoms with E-state index in [0.717, 1.165) is 11.6 Å². The molecule has 0 saturated carbocycles. The summed E-state index contributed by atoms with van der Waals surface area (Å²) in [6.45, 7) is 1.76. The fourth-order valence-electron chi connectivity index (χ4n) is 2.47. The number of hydrogen-bond acceptors (Lipinski definition) is 3. The Morgan fingerprint density at radius 3 is 2.36 bits per heavy atom. The van der Waals surface area contributed by atoms with Gasteiger partial charge in [-0.2, -0.15) is 13.2 Å². The van der Waals surface area contributed by atoms with Crippen molar-refractivity contribution in [2.24, 2.45) is 0 Å². The molecule has 0 bridgehead atoms. The van der Waals surface area contributed by atoms with Crippen molar-refractivity contribution in [3.05, 3.63) is 65.2 Å². The minimum absolute atomic E-state index is 0.114. The highest BCUT2D eigenvalue weighted by Gasteiger charge is 2.66. The first kappa shape index (κ1) is 16.9. The van der Waals surface area contributed by atoms with Crippen molar-refractivity contribution in [1.29, 1.82) is 0 Å². The molecule has 4 nitrogen and oxygen atoms in total. The second-order valence-electron chi connectivity index (χ2n) is 5.53. The number of ether oxygens (including phenoxy) is 2. The number of benzene rings is 2. The average Bonchev–Trinajstić information content (AvgIpc) is 2.55. The smallest absolute Gasteiger partial charge is 0.473 e. The third-order valence-corrected chi connectivity index (χ3v) is 3.71. The van der Waals surface area contributed by atoms with E-state index in [1.54, 1.807) is 25.1 Å². The number of halogens is 3. The fourth-order valence-corrected chi connectivity index (χ4v) is 2.47. The topological polar surface area (TPSA) is 55.8 Å². The van der Waals surface area contributed by atoms with Crippen molar-refractivity contribution in [3.63, 3.8) is 0 Å². The minimum atomic E-state index is -5.13. The number of alkyl halides is 3. The van der Waals surface area contributed by atoms with E-state index in [4.69, 9.17) is 9.47 Å². The number of rotatable bonds is 3. The van der Waals surface area contributed by atoms with Crippen LogP contribution in [0.3, 0.4) is 0 Å². The van der Waals surface area contributed by atoms with E-state index in [0.29, 0.717) is 0 Å². The van der Waals surface area contributed by atoms with Gasteiger partial charge < -0.3 is 14.6 Å². The van der Waals surface area contributed by atoms with Gasteiger partial charge in [0.15, 0.2) is 0 Å². The molecule has 0 amide bonds. The molecule has 0 spiro atoms. The predicted molar refractivity (Wildman–Crippen MR) is 83.3 cm³/mol. The van der Waals surface area contributed by atoms with Crippen molar-refractivity contribution in [1.82, 2.24) is 0 Å². The Bertz CT molecular complexity index is 840. The van der Waals surface area contributed by atoms with Gasteiger partial charge in [-0.25, -0.2) is 4.79 Å². The van der Waals surface area contributed by atoms with Crippen molar-refractivity contribution in [2.75, 3.05) is 0 Å². The first-order valence-electron chi connectivity index (χ1n) is 7.29. The van der Waals surface area contributed by atoms with E-state index in [9.17, 15) is 23.1 Å². The summed E-state index contributed by atoms with van der Waals surface area (Å²) < 4.78 is 51.9. The van der Waals surface area contributed by atoms with Crippen LogP contribution in [0.15, 0.2) is 54.1 Å². The number of aliphatic carboxylic acids is 1. The lowest BCUT2D eigenvalue weighted by atomic mass is 9.97. The zero-order valence-electron chi connectivity index (χ0n) is 13.0. The summed E-state index contributed by atoms with van der Waals surface area (Å²) in [5.41, 5.74) is 0.00359. The van der Waals surface area contributed by atoms with Gasteiger partial charge in [0.1, 0.15) is 17.1 Å². The van der Waals surface area contributed by atoms with Crippen molar-refractivity contribution in [3.8, 4) is 11.5 Å². The Kier molecular flexibility index (Phi) is 3.94. The maximum atomic E-state index is 13.9. The third kappa shape index (κ3) is 2.93. The van der Waals surface area contributed by atoms with Crippen LogP contribution in [0.25, 0.3) is 6.08 Å². The monoisotopic (exact) mass is 350 g/mol. The molecule has 1 unspecified atom stereocenters. The Hall–Kier alpha value is -2.96. The fraction of sp³-hybridized carbons (Fsp3) is 0.167. The van der Waals surface area contributed by atoms with E-state index in [1.165, 1.54) is 30.3 Å². The number of aryl methyl sites for hydroxylation is 1. The first-order chi connectivity index (χ1) is 11.7. The first-order valence-corrected chi connectivity index (χ1v) is 7.29. The summed E-state index contributed by atoms with van der Waals surface area (Å²) in [6.07, 6.45) is -4.21. The van der Waals surface area contributed by atoms with Gasteiger partial charge in [0, 0.05) is 5.56 Å². The van der Waals surface area contributed by atoms with Crippen LogP contribution in [0.1, 0.15) is 11.1 Å². The zero-order valence-corrected chi connectivity index (χ0v) is 13.0. The van der Waals surface area contributed by atoms with Crippen LogP contribution in [0.5, 0.6) is 11.5 Å². The molecule has 0 radical (unpaired) electrons. The van der Waals surface area contributed by atoms with E-state index in [1.807, 2.05) is 0 Å². The molecule has 1 heterocycles. The zero-order chi connectivity index (χ0) is 18.2. The number of hydrogen-bond donors (Lipinski definition) is 1. The van der Waals surface area contributed by atoms with Crippen molar-refractivity contribution < 1.29 is 32.5 Å². The average molecular weight is 350 g/mol. The van der Waals surface area contributed by atoms with Crippen LogP contribution < -0.4 is 9.47 Å². The maximum absolute atomic E-state index is 13.9. The number of carbonyl (C=O) groups is 1. The molecular formula is C18H13F3O4. The lowest BCUT2D eigenvalue weighted by Crippen LogP contribution is -2.59. The molecule has 1 atom stereocenters. The van der Waals surface area contributed by atoms with Crippen LogP contribution in [0.2, 0.25) is 0 Å². The second kappa shape index (κ2) is 5.84. The minimum Gasteiger partial charge on any atom is -0.478 e. The number of para-hydroxylation sites is 1. The highest BCUT2D eigenvalue weighted by Crippen LogP contribution is 2.46. The Labute approximate surface area is 141 Å². The molecule has 3 rings (SSSR count). The molecule has 1 aliphatic rings. The summed E-state index contributed by atoms with van der Waals surface area (Å²) in [5, 5.41) is 9.36. The maximum Gasteiger partial charge on any atom is 0.473 e. The van der Waals surface area contributed by atoms with Crippen LogP contribution in [-0.4, -0.2) is 23.0 Å². The largest absolute Gasteiger partial charge is 0.478 e. The number of carboxylic acid groups (broad SMARTS) is 1. The van der Waals surface area contributed by atoms with E-state index < -0.39 is 23.5 Å². The van der Waals surface area contributed by atoms with Gasteiger partial charge >= 0.3 is 17.9 Å². The quantitative estimate of drug-likeness (QED) is 0.902. The summed E-state index contributed by atoms with van der Waals surface area (Å²) in [4.78, 5) is 11.5. The Balaban J connectivity index is 2.17. The normalized spacial score (nSPS) is 19.4. The summed E-state index contributed by atoms with van der Waals surface area (Å²) in [5.74, 6) is -5.49. The molecule has 2 aromatic carbocycles. The molecule has 7 heteroatoms.